The van der Waals surface area contributed by atoms with E-state index < -0.39 is 0 Å². The molecular formula is C7H5Cl3N4. The molecule has 1 rings (SSSR count). The van der Waals surface area contributed by atoms with Gasteiger partial charge in [-0.05, 0) is 23.7 Å². The molecule has 74 valence electrons. The maximum absolute atomic E-state index is 5.50. The van der Waals surface area contributed by atoms with E-state index in [4.69, 9.17) is 35.2 Å². The topological polar surface area (TPSA) is 40.3 Å². The van der Waals surface area contributed by atoms with Crippen molar-refractivity contribution >= 4 is 46.1 Å². The van der Waals surface area contributed by atoms with Gasteiger partial charge in [0, 0.05) is 0 Å². The fourth-order valence-corrected chi connectivity index (χ4v) is 1.01. The quantitative estimate of drug-likeness (QED) is 0.196. The summed E-state index contributed by atoms with van der Waals surface area (Å²) in [6, 6.07) is 9.07. The van der Waals surface area contributed by atoms with Gasteiger partial charge >= 0.3 is 0 Å². The maximum Gasteiger partial charge on any atom is 0.263 e. The minimum absolute atomic E-state index is 0.154. The molecule has 0 N–H and O–H groups in total. The Bertz CT molecular complexity index is 336. The van der Waals surface area contributed by atoms with Crippen LogP contribution in [0.2, 0.25) is 0 Å². The summed E-state index contributed by atoms with van der Waals surface area (Å²) < 4.78 is 0.506. The van der Waals surface area contributed by atoms with E-state index in [1.165, 1.54) is 0 Å². The Morgan fingerprint density at radius 2 is 1.79 bits per heavy atom. The standard InChI is InChI=1S/C7H5Cl3N4/c8-7(13-14(9)10)12-11-6-4-2-1-3-5-6/h1-5H. The predicted molar refractivity (Wildman–Crippen MR) is 57.8 cm³/mol. The zero-order valence-electron chi connectivity index (χ0n) is 6.81. The molecule has 4 nitrogen and oxygen atoms in total. The van der Waals surface area contributed by atoms with E-state index in [1.54, 1.807) is 12.1 Å². The van der Waals surface area contributed by atoms with Gasteiger partial charge in [0.15, 0.2) is 0 Å². The third-order valence-corrected chi connectivity index (χ3v) is 1.46. The van der Waals surface area contributed by atoms with Crippen molar-refractivity contribution in [2.24, 2.45) is 15.3 Å². The molecule has 0 amide bonds. The lowest BCUT2D eigenvalue weighted by molar-refractivity contribution is 0.777. The molecule has 7 heteroatoms. The van der Waals surface area contributed by atoms with Gasteiger partial charge in [-0.1, -0.05) is 18.2 Å². The predicted octanol–water partition coefficient (Wildman–Crippen LogP) is 3.89. The summed E-state index contributed by atoms with van der Waals surface area (Å²) in [5.41, 5.74) is 0.663. The number of azo groups is 1. The van der Waals surface area contributed by atoms with Crippen LogP contribution in [-0.4, -0.2) is 9.34 Å². The Morgan fingerprint density at radius 3 is 2.36 bits per heavy atom. The second-order valence-corrected chi connectivity index (χ2v) is 3.27. The molecule has 0 bridgehead atoms. The molecule has 1 aromatic carbocycles. The average molecular weight is 252 g/mol. The first-order chi connectivity index (χ1) is 6.68. The second kappa shape index (κ2) is 5.80. The highest BCUT2D eigenvalue weighted by Gasteiger charge is 1.93. The fraction of sp³-hybridized carbons (Fsp3) is 0. The van der Waals surface area contributed by atoms with Crippen LogP contribution in [0.3, 0.4) is 0 Å². The number of hydrogen-bond donors (Lipinski definition) is 0. The fourth-order valence-electron chi connectivity index (χ4n) is 0.676. The van der Waals surface area contributed by atoms with Gasteiger partial charge in [-0.25, -0.2) is 0 Å². The number of nitrogens with zero attached hydrogens (tertiary/aromatic N) is 4. The van der Waals surface area contributed by atoms with Crippen LogP contribution in [0.4, 0.5) is 5.69 Å². The van der Waals surface area contributed by atoms with Crippen LogP contribution >= 0.6 is 35.2 Å². The number of hydrogen-bond acceptors (Lipinski definition) is 3. The monoisotopic (exact) mass is 250 g/mol. The highest BCUT2D eigenvalue weighted by atomic mass is 35.5. The first kappa shape index (κ1) is 11.2. The summed E-state index contributed by atoms with van der Waals surface area (Å²) in [5, 5.41) is 10.6. The molecule has 0 heterocycles. The number of rotatable bonds is 2. The molecule has 0 unspecified atom stereocenters. The number of hydrazone groups is 1. The average Bonchev–Trinajstić information content (AvgIpc) is 2.15. The Kier molecular flexibility index (Phi) is 4.65. The van der Waals surface area contributed by atoms with Crippen LogP contribution in [0, 0.1) is 0 Å². The number of halogens is 3. The first-order valence-electron chi connectivity index (χ1n) is 3.51. The molecule has 0 aliphatic heterocycles. The van der Waals surface area contributed by atoms with Crippen LogP contribution in [0.25, 0.3) is 0 Å². The van der Waals surface area contributed by atoms with Gasteiger partial charge in [-0.15, -0.1) is 19.4 Å². The highest BCUT2D eigenvalue weighted by molar-refractivity contribution is 6.65. The van der Waals surface area contributed by atoms with Crippen molar-refractivity contribution in [1.29, 1.82) is 0 Å². The van der Waals surface area contributed by atoms with Gasteiger partial charge in [-0.2, -0.15) is 0 Å². The second-order valence-electron chi connectivity index (χ2n) is 2.12. The third kappa shape index (κ3) is 4.41. The lowest BCUT2D eigenvalue weighted by Crippen LogP contribution is -1.88. The minimum Gasteiger partial charge on any atom is -0.148 e. The smallest absolute Gasteiger partial charge is 0.148 e. The van der Waals surface area contributed by atoms with Gasteiger partial charge in [0.05, 0.1) is 29.2 Å². The van der Waals surface area contributed by atoms with E-state index in [1.807, 2.05) is 18.2 Å². The summed E-state index contributed by atoms with van der Waals surface area (Å²) in [5.74, 6) is 0. The van der Waals surface area contributed by atoms with E-state index >= 15 is 0 Å². The summed E-state index contributed by atoms with van der Waals surface area (Å²) in [6.45, 7) is 0. The summed E-state index contributed by atoms with van der Waals surface area (Å²) >= 11 is 15.9. The van der Waals surface area contributed by atoms with E-state index in [-0.39, 0.29) is 5.29 Å². The zero-order chi connectivity index (χ0) is 10.4. The molecule has 0 saturated carbocycles. The molecule has 0 atom stereocenters. The summed E-state index contributed by atoms with van der Waals surface area (Å²) in [7, 11) is 0. The SMILES string of the molecule is ClC(N=Nc1ccccc1)=NN(Cl)Cl. The first-order valence-corrected chi connectivity index (χ1v) is 4.56. The molecule has 0 aliphatic carbocycles. The molecule has 14 heavy (non-hydrogen) atoms. The van der Waals surface area contributed by atoms with Gasteiger partial charge < -0.3 is 0 Å². The molecule has 0 fully saturated rings. The Balaban J connectivity index is 2.65. The largest absolute Gasteiger partial charge is 0.263 e. The van der Waals surface area contributed by atoms with Crippen molar-refractivity contribution in [1.82, 2.24) is 4.05 Å². The lowest BCUT2D eigenvalue weighted by atomic mass is 10.3. The van der Waals surface area contributed by atoms with Crippen molar-refractivity contribution in [3.63, 3.8) is 0 Å². The summed E-state index contributed by atoms with van der Waals surface area (Å²) in [4.78, 5) is 0. The Morgan fingerprint density at radius 1 is 1.14 bits per heavy atom. The van der Waals surface area contributed by atoms with E-state index in [0.29, 0.717) is 9.73 Å². The van der Waals surface area contributed by atoms with E-state index in [0.717, 1.165) is 0 Å². The van der Waals surface area contributed by atoms with Gasteiger partial charge in [-0.3, -0.25) is 0 Å². The van der Waals surface area contributed by atoms with Crippen LogP contribution in [0.5, 0.6) is 0 Å². The van der Waals surface area contributed by atoms with Crippen LogP contribution in [0.15, 0.2) is 45.7 Å². The number of benzene rings is 1. The van der Waals surface area contributed by atoms with Crippen LogP contribution < -0.4 is 0 Å². The third-order valence-electron chi connectivity index (χ3n) is 1.16. The zero-order valence-corrected chi connectivity index (χ0v) is 9.08. The molecule has 1 aromatic rings. The molecule has 0 radical (unpaired) electrons. The molecule has 0 aliphatic rings. The Labute approximate surface area is 96.0 Å². The van der Waals surface area contributed by atoms with Gasteiger partial charge in [0.1, 0.15) is 0 Å². The van der Waals surface area contributed by atoms with Crippen molar-refractivity contribution < 1.29 is 0 Å². The Hall–Kier alpha value is -0.840. The lowest BCUT2D eigenvalue weighted by Gasteiger charge is -1.93. The van der Waals surface area contributed by atoms with E-state index in [2.05, 4.69) is 15.3 Å². The van der Waals surface area contributed by atoms with Crippen molar-refractivity contribution in [2.75, 3.05) is 0 Å². The molecule has 0 aromatic heterocycles. The van der Waals surface area contributed by atoms with E-state index in [9.17, 15) is 0 Å². The summed E-state index contributed by atoms with van der Waals surface area (Å²) in [6.07, 6.45) is 0. The number of amidine groups is 1. The van der Waals surface area contributed by atoms with Gasteiger partial charge in [0.25, 0.3) is 5.29 Å². The van der Waals surface area contributed by atoms with Crippen LogP contribution in [0.1, 0.15) is 0 Å². The minimum atomic E-state index is -0.154. The molecular weight excluding hydrogens is 246 g/mol. The van der Waals surface area contributed by atoms with Gasteiger partial charge in [0.2, 0.25) is 0 Å². The molecule has 0 saturated heterocycles. The normalized spacial score (nSPS) is 12.1. The highest BCUT2D eigenvalue weighted by Crippen LogP contribution is 2.11. The maximum atomic E-state index is 5.50. The van der Waals surface area contributed by atoms with Crippen LogP contribution in [-0.2, 0) is 0 Å². The van der Waals surface area contributed by atoms with Crippen molar-refractivity contribution in [2.45, 2.75) is 0 Å². The molecule has 0 spiro atoms. The van der Waals surface area contributed by atoms with Crippen molar-refractivity contribution in [3.8, 4) is 0 Å². The van der Waals surface area contributed by atoms with Crippen molar-refractivity contribution in [3.05, 3.63) is 30.3 Å².